The van der Waals surface area contributed by atoms with Crippen LogP contribution in [0.15, 0.2) is 11.8 Å². The third kappa shape index (κ3) is 4.58. The molecule has 7 nitrogen and oxygen atoms in total. The summed E-state index contributed by atoms with van der Waals surface area (Å²) in [5.41, 5.74) is 0.636. The molecular formula is C15H25ClN2O5. The number of aliphatic hydroxyl groups excluding tert-OH is 2. The number of aliphatic hydroxyl groups is 2. The number of nitrogens with one attached hydrogen (secondary N) is 1. The van der Waals surface area contributed by atoms with Gasteiger partial charge in [0.15, 0.2) is 0 Å². The highest BCUT2D eigenvalue weighted by Crippen LogP contribution is 2.28. The van der Waals surface area contributed by atoms with Crippen molar-refractivity contribution in [3.63, 3.8) is 0 Å². The highest BCUT2D eigenvalue weighted by Gasteiger charge is 2.40. The minimum absolute atomic E-state index is 0.208. The van der Waals surface area contributed by atoms with Gasteiger partial charge in [0, 0.05) is 18.2 Å². The normalized spacial score (nSPS) is 31.2. The summed E-state index contributed by atoms with van der Waals surface area (Å²) in [5.74, 6) is -0.208. The fourth-order valence-electron chi connectivity index (χ4n) is 2.87. The van der Waals surface area contributed by atoms with Crippen molar-refractivity contribution in [1.82, 2.24) is 10.2 Å². The Labute approximate surface area is 141 Å². The predicted molar refractivity (Wildman–Crippen MR) is 83.9 cm³/mol. The van der Waals surface area contributed by atoms with Gasteiger partial charge in [-0.3, -0.25) is 4.79 Å². The zero-order valence-corrected chi connectivity index (χ0v) is 14.0. The van der Waals surface area contributed by atoms with Crippen LogP contribution in [0.4, 0.5) is 0 Å². The van der Waals surface area contributed by atoms with Crippen molar-refractivity contribution in [2.45, 2.75) is 70.2 Å². The lowest BCUT2D eigenvalue weighted by atomic mass is 10.1. The molecule has 2 aliphatic heterocycles. The molecular weight excluding hydrogens is 324 g/mol. The fourth-order valence-corrected chi connectivity index (χ4v) is 3.01. The molecule has 0 spiro atoms. The average Bonchev–Trinajstić information content (AvgIpc) is 2.93. The SMILES string of the molecule is CCCCCCC1=CN([C@H]2C[C@H](O)[C@@H](CO)O2)C(OCl)NC1=O. The molecule has 2 aliphatic rings. The number of rotatable bonds is 8. The van der Waals surface area contributed by atoms with Crippen LogP contribution in [0, 0.1) is 0 Å². The molecule has 1 unspecified atom stereocenters. The van der Waals surface area contributed by atoms with E-state index in [0.717, 1.165) is 25.7 Å². The summed E-state index contributed by atoms with van der Waals surface area (Å²) in [4.78, 5) is 13.7. The summed E-state index contributed by atoms with van der Waals surface area (Å²) in [5, 5.41) is 21.7. The van der Waals surface area contributed by atoms with Gasteiger partial charge in [-0.15, -0.1) is 0 Å². The molecule has 0 saturated carbocycles. The Balaban J connectivity index is 2.05. The van der Waals surface area contributed by atoms with Gasteiger partial charge < -0.3 is 25.2 Å². The number of carbonyl (C=O) groups excluding carboxylic acids is 1. The van der Waals surface area contributed by atoms with Crippen molar-refractivity contribution in [3.8, 4) is 0 Å². The van der Waals surface area contributed by atoms with E-state index in [1.807, 2.05) is 0 Å². The molecule has 2 heterocycles. The van der Waals surface area contributed by atoms with Crippen LogP contribution >= 0.6 is 11.9 Å². The number of unbranched alkanes of at least 4 members (excludes halogenated alkanes) is 3. The third-order valence-electron chi connectivity index (χ3n) is 4.22. The highest BCUT2D eigenvalue weighted by atomic mass is 35.5. The number of carbonyl (C=O) groups is 1. The molecule has 4 atom stereocenters. The largest absolute Gasteiger partial charge is 0.394 e. The molecule has 0 aromatic carbocycles. The summed E-state index contributed by atoms with van der Waals surface area (Å²) in [7, 11) is 0. The lowest BCUT2D eigenvalue weighted by Crippen LogP contribution is -2.54. The van der Waals surface area contributed by atoms with E-state index >= 15 is 0 Å². The molecule has 1 saturated heterocycles. The van der Waals surface area contributed by atoms with Crippen molar-refractivity contribution in [1.29, 1.82) is 0 Å². The summed E-state index contributed by atoms with van der Waals surface area (Å²) in [6.07, 6.45) is 4.15. The van der Waals surface area contributed by atoms with Crippen LogP contribution in [0.2, 0.25) is 0 Å². The molecule has 0 aliphatic carbocycles. The molecule has 3 N–H and O–H groups in total. The van der Waals surface area contributed by atoms with Crippen LogP contribution in [0.25, 0.3) is 0 Å². The third-order valence-corrected chi connectivity index (χ3v) is 4.39. The van der Waals surface area contributed by atoms with E-state index in [1.165, 1.54) is 0 Å². The van der Waals surface area contributed by atoms with E-state index in [9.17, 15) is 15.0 Å². The second-order valence-corrected chi connectivity index (χ2v) is 6.12. The van der Waals surface area contributed by atoms with Crippen molar-refractivity contribution in [3.05, 3.63) is 11.8 Å². The number of amides is 1. The average molecular weight is 349 g/mol. The first-order valence-electron chi connectivity index (χ1n) is 8.11. The fraction of sp³-hybridized carbons (Fsp3) is 0.800. The van der Waals surface area contributed by atoms with Gasteiger partial charge in [0.2, 0.25) is 6.35 Å². The zero-order valence-electron chi connectivity index (χ0n) is 13.3. The molecule has 0 radical (unpaired) electrons. The molecule has 23 heavy (non-hydrogen) atoms. The maximum absolute atomic E-state index is 12.1. The van der Waals surface area contributed by atoms with Gasteiger partial charge in [-0.2, -0.15) is 0 Å². The van der Waals surface area contributed by atoms with E-state index in [4.69, 9.17) is 20.9 Å². The summed E-state index contributed by atoms with van der Waals surface area (Å²) in [6.45, 7) is 1.87. The smallest absolute Gasteiger partial charge is 0.252 e. The first-order chi connectivity index (χ1) is 11.1. The van der Waals surface area contributed by atoms with Gasteiger partial charge >= 0.3 is 0 Å². The van der Waals surface area contributed by atoms with Crippen molar-refractivity contribution in [2.75, 3.05) is 6.61 Å². The Hall–Kier alpha value is -0.860. The number of nitrogens with zero attached hydrogens (tertiary/aromatic N) is 1. The molecule has 8 heteroatoms. The van der Waals surface area contributed by atoms with Crippen molar-refractivity contribution >= 4 is 17.8 Å². The van der Waals surface area contributed by atoms with Crippen LogP contribution in [-0.2, 0) is 13.8 Å². The standard InChI is InChI=1S/C15H25ClN2O5/c1-2-3-4-5-6-10-8-18(15(23-16)17-14(10)21)13-7-11(20)12(9-19)22-13/h8,11-13,15,19-20H,2-7,9H2,1H3,(H,17,21)/t11-,12+,13+,15?/m0/s1. The molecule has 0 bridgehead atoms. The molecule has 132 valence electrons. The van der Waals surface area contributed by atoms with Crippen molar-refractivity contribution < 1.29 is 24.0 Å². The number of ether oxygens (including phenoxy) is 1. The first-order valence-corrected chi connectivity index (χ1v) is 8.42. The second kappa shape index (κ2) is 8.84. The Morgan fingerprint density at radius 2 is 2.26 bits per heavy atom. The Morgan fingerprint density at radius 3 is 2.87 bits per heavy atom. The van der Waals surface area contributed by atoms with Crippen LogP contribution in [0.1, 0.15) is 45.4 Å². The van der Waals surface area contributed by atoms with Gasteiger partial charge in [0.25, 0.3) is 5.91 Å². The molecule has 0 aromatic heterocycles. The van der Waals surface area contributed by atoms with Gasteiger partial charge in [-0.1, -0.05) is 26.2 Å². The Morgan fingerprint density at radius 1 is 1.48 bits per heavy atom. The van der Waals surface area contributed by atoms with E-state index in [2.05, 4.69) is 12.2 Å². The topological polar surface area (TPSA) is 91.3 Å². The van der Waals surface area contributed by atoms with Crippen LogP contribution in [0.5, 0.6) is 0 Å². The van der Waals surface area contributed by atoms with Crippen molar-refractivity contribution in [2.24, 2.45) is 0 Å². The van der Waals surface area contributed by atoms with Gasteiger partial charge in [-0.05, 0) is 12.8 Å². The van der Waals surface area contributed by atoms with Crippen LogP contribution in [-0.4, -0.2) is 52.4 Å². The van der Waals surface area contributed by atoms with Crippen LogP contribution < -0.4 is 5.32 Å². The molecule has 1 fully saturated rings. The number of hydrogen-bond donors (Lipinski definition) is 3. The first kappa shape index (κ1) is 18.5. The summed E-state index contributed by atoms with van der Waals surface area (Å²) >= 11 is 5.47. The summed E-state index contributed by atoms with van der Waals surface area (Å²) < 4.78 is 10.4. The lowest BCUT2D eigenvalue weighted by molar-refractivity contribution is -0.138. The Kier molecular flexibility index (Phi) is 7.10. The van der Waals surface area contributed by atoms with Gasteiger partial charge in [-0.25, -0.2) is 4.29 Å². The monoisotopic (exact) mass is 348 g/mol. The van der Waals surface area contributed by atoms with Gasteiger partial charge in [0.05, 0.1) is 24.6 Å². The Bertz CT molecular complexity index is 434. The maximum Gasteiger partial charge on any atom is 0.252 e. The number of halogens is 1. The highest BCUT2D eigenvalue weighted by molar-refractivity contribution is 6.07. The molecule has 2 rings (SSSR count). The van der Waals surface area contributed by atoms with Crippen LogP contribution in [0.3, 0.4) is 0 Å². The second-order valence-electron chi connectivity index (χ2n) is 5.94. The van der Waals surface area contributed by atoms with E-state index in [0.29, 0.717) is 18.4 Å². The minimum atomic E-state index is -0.863. The quantitative estimate of drug-likeness (QED) is 0.571. The zero-order chi connectivity index (χ0) is 16.8. The molecule has 1 amide bonds. The van der Waals surface area contributed by atoms with E-state index < -0.39 is 24.8 Å². The number of hydrogen-bond acceptors (Lipinski definition) is 6. The lowest BCUT2D eigenvalue weighted by Gasteiger charge is -2.36. The van der Waals surface area contributed by atoms with E-state index in [-0.39, 0.29) is 12.5 Å². The predicted octanol–water partition coefficient (Wildman–Crippen LogP) is 1.19. The minimum Gasteiger partial charge on any atom is -0.394 e. The van der Waals surface area contributed by atoms with Gasteiger partial charge in [0.1, 0.15) is 12.3 Å². The maximum atomic E-state index is 12.1. The molecule has 0 aromatic rings. The van der Waals surface area contributed by atoms with E-state index in [1.54, 1.807) is 11.1 Å². The summed E-state index contributed by atoms with van der Waals surface area (Å²) in [6, 6.07) is 0.